The van der Waals surface area contributed by atoms with E-state index >= 15 is 0 Å². The average molecular weight is 238 g/mol. The molecule has 0 heterocycles. The van der Waals surface area contributed by atoms with Crippen molar-refractivity contribution < 1.29 is 40.2 Å². The van der Waals surface area contributed by atoms with Crippen molar-refractivity contribution in [3.63, 3.8) is 0 Å². The lowest BCUT2D eigenvalue weighted by Crippen LogP contribution is -2.38. The Kier molecular flexibility index (Phi) is 5.57. The van der Waals surface area contributed by atoms with Crippen molar-refractivity contribution in [1.82, 2.24) is 0 Å². The topological polar surface area (TPSA) is 148 Å². The van der Waals surface area contributed by atoms with E-state index in [4.69, 9.17) is 30.6 Å². The number of ether oxygens (including phenoxy) is 1. The van der Waals surface area contributed by atoms with E-state index in [0.29, 0.717) is 0 Å². The number of hydrogen-bond donors (Lipinski definition) is 6. The molecule has 6 N–H and O–H groups in total. The first-order valence-corrected chi connectivity index (χ1v) is 4.23. The molecule has 94 valence electrons. The number of aliphatic hydroxyl groups is 5. The second-order valence-electron chi connectivity index (χ2n) is 3.22. The zero-order chi connectivity index (χ0) is 12.8. The average Bonchev–Trinajstić information content (AvgIpc) is 2.30. The predicted octanol–water partition coefficient (Wildman–Crippen LogP) is -1.66. The van der Waals surface area contributed by atoms with Crippen LogP contribution in [-0.4, -0.2) is 63.0 Å². The largest absolute Gasteiger partial charge is 0.497 e. The summed E-state index contributed by atoms with van der Waals surface area (Å²) in [6, 6.07) is 0. The van der Waals surface area contributed by atoms with Gasteiger partial charge in [0.25, 0.3) is 5.76 Å². The van der Waals surface area contributed by atoms with Crippen molar-refractivity contribution in [2.75, 3.05) is 26.4 Å². The van der Waals surface area contributed by atoms with Crippen LogP contribution in [0.3, 0.4) is 0 Å². The molecule has 0 fully saturated rings. The van der Waals surface area contributed by atoms with Crippen LogP contribution in [0.5, 0.6) is 0 Å². The third-order valence-corrected chi connectivity index (χ3v) is 1.93. The van der Waals surface area contributed by atoms with Gasteiger partial charge in [-0.3, -0.25) is 0 Å². The van der Waals surface area contributed by atoms with Gasteiger partial charge in [0.1, 0.15) is 6.61 Å². The molecular weight excluding hydrogens is 224 g/mol. The molecule has 0 saturated carbocycles. The first-order valence-electron chi connectivity index (χ1n) is 4.23. The third-order valence-electron chi connectivity index (χ3n) is 1.93. The van der Waals surface area contributed by atoms with Crippen molar-refractivity contribution in [1.29, 1.82) is 0 Å². The molecule has 0 aliphatic rings. The Balaban J connectivity index is 4.54. The molecule has 0 spiro atoms. The van der Waals surface area contributed by atoms with Crippen molar-refractivity contribution in [3.05, 3.63) is 11.7 Å². The number of hydrogen-bond acceptors (Lipinski definition) is 7. The molecule has 0 aromatic heterocycles. The molecular formula is C8H14O8. The lowest BCUT2D eigenvalue weighted by molar-refractivity contribution is -0.137. The second kappa shape index (κ2) is 6.16. The molecule has 0 saturated heterocycles. The molecule has 0 aromatic carbocycles. The fraction of sp³-hybridized carbons (Fsp3) is 0.625. The van der Waals surface area contributed by atoms with Crippen molar-refractivity contribution in [3.8, 4) is 0 Å². The number of aliphatic hydroxyl groups excluding tert-OH is 5. The van der Waals surface area contributed by atoms with Gasteiger partial charge in [0, 0.05) is 0 Å². The zero-order valence-electron chi connectivity index (χ0n) is 8.33. The summed E-state index contributed by atoms with van der Waals surface area (Å²) >= 11 is 0. The summed E-state index contributed by atoms with van der Waals surface area (Å²) in [5, 5.41) is 52.5. The van der Waals surface area contributed by atoms with E-state index < -0.39 is 49.5 Å². The van der Waals surface area contributed by atoms with E-state index in [9.17, 15) is 4.79 Å². The lowest BCUT2D eigenvalue weighted by atomic mass is 9.93. The van der Waals surface area contributed by atoms with Crippen molar-refractivity contribution >= 4 is 5.97 Å². The summed E-state index contributed by atoms with van der Waals surface area (Å²) in [5.74, 6) is -4.45. The summed E-state index contributed by atoms with van der Waals surface area (Å²) in [4.78, 5) is 10.2. The molecule has 16 heavy (non-hydrogen) atoms. The number of carbonyl (C=O) groups is 1. The van der Waals surface area contributed by atoms with Crippen LogP contribution in [0.15, 0.2) is 11.7 Å². The van der Waals surface area contributed by atoms with Crippen LogP contribution < -0.4 is 0 Å². The number of carboxylic acid groups (broad SMARTS) is 1. The molecule has 8 heteroatoms. The Morgan fingerprint density at radius 1 is 1.00 bits per heavy atom. The van der Waals surface area contributed by atoms with E-state index in [1.54, 1.807) is 0 Å². The predicted molar refractivity (Wildman–Crippen MR) is 49.6 cm³/mol. The normalized spacial score (nSPS) is 13.2. The molecule has 0 aliphatic heterocycles. The zero-order valence-corrected chi connectivity index (χ0v) is 8.33. The van der Waals surface area contributed by atoms with Crippen LogP contribution in [0.4, 0.5) is 0 Å². The highest BCUT2D eigenvalue weighted by atomic mass is 16.6. The van der Waals surface area contributed by atoms with Gasteiger partial charge in [0.05, 0.1) is 25.2 Å². The molecule has 8 nitrogen and oxygen atoms in total. The van der Waals surface area contributed by atoms with Crippen LogP contribution >= 0.6 is 0 Å². The molecule has 0 radical (unpaired) electrons. The van der Waals surface area contributed by atoms with Gasteiger partial charge in [-0.05, 0) is 0 Å². The SMILES string of the molecule is O=C(O)C(O)=C(O)OCC(CO)(CO)CO. The van der Waals surface area contributed by atoms with Crippen molar-refractivity contribution in [2.45, 2.75) is 0 Å². The highest BCUT2D eigenvalue weighted by Crippen LogP contribution is 2.17. The number of carboxylic acids is 1. The molecule has 0 unspecified atom stereocenters. The van der Waals surface area contributed by atoms with E-state index in [2.05, 4.69) is 4.74 Å². The van der Waals surface area contributed by atoms with Gasteiger partial charge in [0.2, 0.25) is 0 Å². The molecule has 0 amide bonds. The molecule has 0 aromatic rings. The summed E-state index contributed by atoms with van der Waals surface area (Å²) in [5.41, 5.74) is -1.42. The molecule has 0 aliphatic carbocycles. The summed E-state index contributed by atoms with van der Waals surface area (Å²) in [6.45, 7) is -2.47. The van der Waals surface area contributed by atoms with Gasteiger partial charge < -0.3 is 35.4 Å². The Labute approximate surface area is 90.6 Å². The second-order valence-corrected chi connectivity index (χ2v) is 3.22. The van der Waals surface area contributed by atoms with Crippen LogP contribution in [0.25, 0.3) is 0 Å². The minimum absolute atomic E-state index is 0.556. The third kappa shape index (κ3) is 3.57. The van der Waals surface area contributed by atoms with Gasteiger partial charge in [-0.25, -0.2) is 4.79 Å². The van der Waals surface area contributed by atoms with E-state index in [1.807, 2.05) is 0 Å². The number of rotatable bonds is 7. The van der Waals surface area contributed by atoms with E-state index in [-0.39, 0.29) is 0 Å². The quantitative estimate of drug-likeness (QED) is 0.228. The maximum atomic E-state index is 10.2. The minimum Gasteiger partial charge on any atom is -0.497 e. The Bertz CT molecular complexity index is 259. The molecule has 0 rings (SSSR count). The Hall–Kier alpha value is -1.51. The van der Waals surface area contributed by atoms with Crippen molar-refractivity contribution in [2.24, 2.45) is 5.41 Å². The van der Waals surface area contributed by atoms with Gasteiger partial charge in [-0.15, -0.1) is 0 Å². The summed E-state index contributed by atoms with van der Waals surface area (Å²) < 4.78 is 4.43. The van der Waals surface area contributed by atoms with Crippen LogP contribution in [0, 0.1) is 5.41 Å². The van der Waals surface area contributed by atoms with Crippen LogP contribution in [-0.2, 0) is 9.53 Å². The maximum Gasteiger partial charge on any atom is 0.378 e. The Morgan fingerprint density at radius 2 is 1.44 bits per heavy atom. The number of aliphatic carboxylic acids is 1. The molecule has 0 bridgehead atoms. The van der Waals surface area contributed by atoms with Gasteiger partial charge in [-0.2, -0.15) is 0 Å². The maximum absolute atomic E-state index is 10.2. The van der Waals surface area contributed by atoms with Crippen LogP contribution in [0.1, 0.15) is 0 Å². The summed E-state index contributed by atoms with van der Waals surface area (Å²) in [6.07, 6.45) is 0. The Morgan fingerprint density at radius 3 is 1.75 bits per heavy atom. The highest BCUT2D eigenvalue weighted by Gasteiger charge is 2.30. The minimum atomic E-state index is -1.79. The molecule has 0 atom stereocenters. The van der Waals surface area contributed by atoms with Gasteiger partial charge in [0.15, 0.2) is 0 Å². The van der Waals surface area contributed by atoms with Gasteiger partial charge >= 0.3 is 11.9 Å². The fourth-order valence-corrected chi connectivity index (χ4v) is 0.668. The first-order chi connectivity index (χ1) is 7.42. The summed E-state index contributed by atoms with van der Waals surface area (Å²) in [7, 11) is 0. The van der Waals surface area contributed by atoms with Crippen LogP contribution in [0.2, 0.25) is 0 Å². The van der Waals surface area contributed by atoms with Gasteiger partial charge in [-0.1, -0.05) is 0 Å². The lowest BCUT2D eigenvalue weighted by Gasteiger charge is -2.26. The smallest absolute Gasteiger partial charge is 0.378 e. The highest BCUT2D eigenvalue weighted by molar-refractivity contribution is 5.83. The first kappa shape index (κ1) is 14.5. The monoisotopic (exact) mass is 238 g/mol. The van der Waals surface area contributed by atoms with E-state index in [0.717, 1.165) is 0 Å². The van der Waals surface area contributed by atoms with E-state index in [1.165, 1.54) is 0 Å². The standard InChI is InChI=1S/C8H14O8/c9-1-8(2-10,3-11)4-16-7(15)5(12)6(13)14/h9-12,15H,1-4H2,(H,13,14). The fourth-order valence-electron chi connectivity index (χ4n) is 0.668.